The molecule has 0 saturated carbocycles. The molecule has 2 heterocycles. The Balaban J connectivity index is 0.851. The van der Waals surface area contributed by atoms with Crippen molar-refractivity contribution in [2.45, 2.75) is 0 Å². The maximum Gasteiger partial charge on any atom is 0.136 e. The minimum Gasteiger partial charge on any atom is -0.456 e. The Morgan fingerprint density at radius 3 is 1.43 bits per heavy atom. The zero-order chi connectivity index (χ0) is 44.3. The van der Waals surface area contributed by atoms with E-state index in [1.807, 2.05) is 12.1 Å². The van der Waals surface area contributed by atoms with E-state index < -0.39 is 0 Å². The number of anilines is 3. The molecule has 3 heteroatoms. The van der Waals surface area contributed by atoms with Gasteiger partial charge in [0.05, 0.1) is 11.0 Å². The van der Waals surface area contributed by atoms with Gasteiger partial charge < -0.3 is 13.9 Å². The number of benzene rings is 11. The largest absolute Gasteiger partial charge is 0.456 e. The second kappa shape index (κ2) is 16.0. The predicted octanol–water partition coefficient (Wildman–Crippen LogP) is 18.0. The van der Waals surface area contributed by atoms with E-state index in [-0.39, 0.29) is 0 Å². The molecule has 0 N–H and O–H groups in total. The van der Waals surface area contributed by atoms with E-state index in [0.717, 1.165) is 61.4 Å². The van der Waals surface area contributed by atoms with Crippen LogP contribution in [0.5, 0.6) is 0 Å². The standard InChI is InChI=1S/C64H42N2O/c1-2-12-48-40-51(28-27-43(48)11-1)50-14-9-13-49(39-50)46-25-23-44(24-26-46)45-29-34-53(35-30-45)65(54-36-31-47(32-37-54)52-33-38-60-59-19-5-8-22-63(59)67-64(60)41-52)55-15-10-16-56(42-55)66-61-20-6-3-17-57(61)58-18-4-7-21-62(58)66/h1-42H. The van der Waals surface area contributed by atoms with Crippen molar-refractivity contribution in [2.24, 2.45) is 0 Å². The molecular weight excluding hydrogens is 813 g/mol. The Bertz CT molecular complexity index is 3920. The number of fused-ring (bicyclic) bond motifs is 7. The Labute approximate surface area is 388 Å². The van der Waals surface area contributed by atoms with Crippen molar-refractivity contribution >= 4 is 71.6 Å². The van der Waals surface area contributed by atoms with Gasteiger partial charge in [-0.1, -0.05) is 170 Å². The number of aromatic nitrogens is 1. The molecule has 11 aromatic carbocycles. The maximum atomic E-state index is 6.28. The van der Waals surface area contributed by atoms with Crippen molar-refractivity contribution in [1.82, 2.24) is 4.57 Å². The molecule has 3 nitrogen and oxygen atoms in total. The van der Waals surface area contributed by atoms with Crippen molar-refractivity contribution in [1.29, 1.82) is 0 Å². The van der Waals surface area contributed by atoms with Crippen LogP contribution in [-0.4, -0.2) is 4.57 Å². The summed E-state index contributed by atoms with van der Waals surface area (Å²) in [5.74, 6) is 0. The van der Waals surface area contributed by atoms with Crippen LogP contribution in [0.15, 0.2) is 259 Å². The quantitative estimate of drug-likeness (QED) is 0.152. The van der Waals surface area contributed by atoms with E-state index in [1.165, 1.54) is 60.4 Å². The normalized spacial score (nSPS) is 11.6. The fourth-order valence-corrected chi connectivity index (χ4v) is 10.0. The minimum absolute atomic E-state index is 0.896. The van der Waals surface area contributed by atoms with Gasteiger partial charge in [-0.2, -0.15) is 0 Å². The highest BCUT2D eigenvalue weighted by atomic mass is 16.3. The van der Waals surface area contributed by atoms with E-state index in [1.54, 1.807) is 0 Å². The lowest BCUT2D eigenvalue weighted by Crippen LogP contribution is -2.10. The highest BCUT2D eigenvalue weighted by molar-refractivity contribution is 6.09. The Hall–Kier alpha value is -8.92. The fraction of sp³-hybridized carbons (Fsp3) is 0. The van der Waals surface area contributed by atoms with Gasteiger partial charge >= 0.3 is 0 Å². The number of furan rings is 1. The van der Waals surface area contributed by atoms with Crippen molar-refractivity contribution in [3.05, 3.63) is 255 Å². The number of hydrogen-bond acceptors (Lipinski definition) is 2. The molecule has 0 aliphatic heterocycles. The molecule has 0 aliphatic rings. The lowest BCUT2D eigenvalue weighted by Gasteiger charge is -2.26. The summed E-state index contributed by atoms with van der Waals surface area (Å²) < 4.78 is 8.66. The molecule has 0 unspecified atom stereocenters. The Morgan fingerprint density at radius 1 is 0.269 bits per heavy atom. The van der Waals surface area contributed by atoms with Gasteiger partial charge in [-0.15, -0.1) is 0 Å². The van der Waals surface area contributed by atoms with Crippen LogP contribution >= 0.6 is 0 Å². The van der Waals surface area contributed by atoms with Crippen LogP contribution in [0.3, 0.4) is 0 Å². The van der Waals surface area contributed by atoms with Gasteiger partial charge in [0.1, 0.15) is 11.2 Å². The first-order chi connectivity index (χ1) is 33.2. The van der Waals surface area contributed by atoms with E-state index in [9.17, 15) is 0 Å². The average Bonchev–Trinajstić information content (AvgIpc) is 3.95. The van der Waals surface area contributed by atoms with Gasteiger partial charge in [0.15, 0.2) is 0 Å². The monoisotopic (exact) mass is 854 g/mol. The summed E-state index contributed by atoms with van der Waals surface area (Å²) in [7, 11) is 0. The molecule has 2 aromatic heterocycles. The summed E-state index contributed by atoms with van der Waals surface area (Å²) >= 11 is 0. The van der Waals surface area contributed by atoms with Crippen LogP contribution in [0.1, 0.15) is 0 Å². The number of nitrogens with zero attached hydrogens (tertiary/aromatic N) is 2. The molecule has 0 saturated heterocycles. The molecule has 0 atom stereocenters. The summed E-state index contributed by atoms with van der Waals surface area (Å²) in [4.78, 5) is 2.36. The van der Waals surface area contributed by atoms with E-state index in [4.69, 9.17) is 4.42 Å². The summed E-state index contributed by atoms with van der Waals surface area (Å²) in [6.07, 6.45) is 0. The van der Waals surface area contributed by atoms with Crippen LogP contribution in [0, 0.1) is 0 Å². The van der Waals surface area contributed by atoms with Gasteiger partial charge in [0.2, 0.25) is 0 Å². The predicted molar refractivity (Wildman–Crippen MR) is 282 cm³/mol. The second-order valence-electron chi connectivity index (χ2n) is 17.3. The first kappa shape index (κ1) is 38.5. The van der Waals surface area contributed by atoms with Crippen LogP contribution in [0.2, 0.25) is 0 Å². The molecule has 0 bridgehead atoms. The van der Waals surface area contributed by atoms with Gasteiger partial charge in [-0.3, -0.25) is 0 Å². The molecule has 0 aliphatic carbocycles. The van der Waals surface area contributed by atoms with Crippen LogP contribution in [0.4, 0.5) is 17.1 Å². The van der Waals surface area contributed by atoms with Crippen molar-refractivity contribution in [2.75, 3.05) is 4.90 Å². The summed E-state index contributed by atoms with van der Waals surface area (Å²) in [6.45, 7) is 0. The summed E-state index contributed by atoms with van der Waals surface area (Å²) in [5.41, 5.74) is 17.9. The zero-order valence-corrected chi connectivity index (χ0v) is 36.6. The second-order valence-corrected chi connectivity index (χ2v) is 17.3. The molecule has 314 valence electrons. The van der Waals surface area contributed by atoms with E-state index in [2.05, 4.69) is 252 Å². The number of hydrogen-bond donors (Lipinski definition) is 0. The first-order valence-electron chi connectivity index (χ1n) is 22.9. The topological polar surface area (TPSA) is 21.3 Å². The highest BCUT2D eigenvalue weighted by Crippen LogP contribution is 2.40. The van der Waals surface area contributed by atoms with Gasteiger partial charge in [0, 0.05) is 44.3 Å². The van der Waals surface area contributed by atoms with Crippen LogP contribution in [-0.2, 0) is 0 Å². The molecule has 67 heavy (non-hydrogen) atoms. The van der Waals surface area contributed by atoms with Crippen LogP contribution < -0.4 is 4.90 Å². The first-order valence-corrected chi connectivity index (χ1v) is 22.9. The van der Waals surface area contributed by atoms with Gasteiger partial charge in [0.25, 0.3) is 0 Å². The van der Waals surface area contributed by atoms with Crippen molar-refractivity contribution in [3.63, 3.8) is 0 Å². The molecular formula is C64H42N2O. The third-order valence-electron chi connectivity index (χ3n) is 13.4. The minimum atomic E-state index is 0.896. The maximum absolute atomic E-state index is 6.28. The highest BCUT2D eigenvalue weighted by Gasteiger charge is 2.18. The van der Waals surface area contributed by atoms with Gasteiger partial charge in [-0.05, 0) is 140 Å². The SMILES string of the molecule is c1cc(-c2ccc(-c3ccc(N(c4ccc(-c5ccc6c(c5)oc5ccccc56)cc4)c4cccc(-n5c6ccccc6c6ccccc65)c4)cc3)cc2)cc(-c2ccc3ccccc3c2)c1. The molecule has 0 fully saturated rings. The summed E-state index contributed by atoms with van der Waals surface area (Å²) in [6, 6.07) is 92.0. The molecule has 0 radical (unpaired) electrons. The Kier molecular flexibility index (Phi) is 9.17. The van der Waals surface area contributed by atoms with E-state index in [0.29, 0.717) is 0 Å². The third kappa shape index (κ3) is 6.84. The lowest BCUT2D eigenvalue weighted by atomic mass is 9.96. The molecule has 13 aromatic rings. The number of para-hydroxylation sites is 3. The smallest absolute Gasteiger partial charge is 0.136 e. The fourth-order valence-electron chi connectivity index (χ4n) is 10.0. The summed E-state index contributed by atoms with van der Waals surface area (Å²) in [5, 5.41) is 7.27. The molecule has 13 rings (SSSR count). The Morgan fingerprint density at radius 2 is 0.746 bits per heavy atom. The van der Waals surface area contributed by atoms with E-state index >= 15 is 0 Å². The van der Waals surface area contributed by atoms with Crippen molar-refractivity contribution < 1.29 is 4.42 Å². The molecule has 0 amide bonds. The average molecular weight is 855 g/mol. The van der Waals surface area contributed by atoms with Crippen LogP contribution in [0.25, 0.3) is 105 Å². The zero-order valence-electron chi connectivity index (χ0n) is 36.6. The van der Waals surface area contributed by atoms with Crippen molar-refractivity contribution in [3.8, 4) is 50.2 Å². The third-order valence-corrected chi connectivity index (χ3v) is 13.4. The molecule has 0 spiro atoms. The number of rotatable bonds is 8. The van der Waals surface area contributed by atoms with Gasteiger partial charge in [-0.25, -0.2) is 0 Å². The lowest BCUT2D eigenvalue weighted by molar-refractivity contribution is 0.669.